The highest BCUT2D eigenvalue weighted by molar-refractivity contribution is 8.02. The van der Waals surface area contributed by atoms with Gasteiger partial charge in [-0.2, -0.15) is 0 Å². The van der Waals surface area contributed by atoms with Crippen LogP contribution in [0.5, 0.6) is 0 Å². The van der Waals surface area contributed by atoms with Crippen LogP contribution < -0.4 is 10.6 Å². The van der Waals surface area contributed by atoms with Crippen LogP contribution in [0.4, 0.5) is 10.8 Å². The number of hydrogen-bond acceptors (Lipinski definition) is 6. The van der Waals surface area contributed by atoms with Crippen LogP contribution in [0.25, 0.3) is 0 Å². The first-order chi connectivity index (χ1) is 10.5. The van der Waals surface area contributed by atoms with Crippen LogP contribution in [0, 0.1) is 13.8 Å². The summed E-state index contributed by atoms with van der Waals surface area (Å²) >= 11 is 2.88. The predicted molar refractivity (Wildman–Crippen MR) is 93.1 cm³/mol. The molecule has 0 aliphatic carbocycles. The molecule has 22 heavy (non-hydrogen) atoms. The van der Waals surface area contributed by atoms with Gasteiger partial charge in [0.1, 0.15) is 0 Å². The minimum absolute atomic E-state index is 0.0201. The number of carbonyl (C=O) groups excluding carboxylic acids is 1. The topological polar surface area (TPSA) is 66.9 Å². The third-order valence-electron chi connectivity index (χ3n) is 3.25. The van der Waals surface area contributed by atoms with E-state index in [4.69, 9.17) is 0 Å². The minimum atomic E-state index is -0.179. The molecule has 5 nitrogen and oxygen atoms in total. The second-order valence-corrected chi connectivity index (χ2v) is 7.47. The lowest BCUT2D eigenvalue weighted by atomic mass is 10.1. The van der Waals surface area contributed by atoms with Gasteiger partial charge in [-0.15, -0.1) is 10.2 Å². The fourth-order valence-corrected chi connectivity index (χ4v) is 3.77. The van der Waals surface area contributed by atoms with E-state index >= 15 is 0 Å². The van der Waals surface area contributed by atoms with E-state index in [-0.39, 0.29) is 11.2 Å². The number of aryl methyl sites for hydroxylation is 1. The first-order valence-electron chi connectivity index (χ1n) is 7.12. The minimum Gasteiger partial charge on any atom is -0.355 e. The van der Waals surface area contributed by atoms with E-state index in [0.29, 0.717) is 6.54 Å². The summed E-state index contributed by atoms with van der Waals surface area (Å²) in [6, 6.07) is 6.11. The van der Waals surface area contributed by atoms with Gasteiger partial charge in [0.05, 0.1) is 5.25 Å². The van der Waals surface area contributed by atoms with E-state index in [1.165, 1.54) is 34.2 Å². The van der Waals surface area contributed by atoms with Crippen molar-refractivity contribution in [3.05, 3.63) is 29.3 Å². The Hall–Kier alpha value is -1.60. The molecule has 1 atom stereocenters. The molecule has 0 bridgehead atoms. The average Bonchev–Trinajstić information content (AvgIpc) is 2.91. The van der Waals surface area contributed by atoms with Gasteiger partial charge in [0, 0.05) is 12.2 Å². The molecule has 0 aliphatic heterocycles. The number of nitrogens with one attached hydrogen (secondary N) is 2. The van der Waals surface area contributed by atoms with Crippen LogP contribution >= 0.6 is 23.1 Å². The van der Waals surface area contributed by atoms with Crippen LogP contribution in [-0.2, 0) is 4.79 Å². The van der Waals surface area contributed by atoms with Gasteiger partial charge in [-0.05, 0) is 44.9 Å². The highest BCUT2D eigenvalue weighted by Gasteiger charge is 2.16. The number of aromatic nitrogens is 2. The second kappa shape index (κ2) is 7.60. The number of amides is 1. The normalized spacial score (nSPS) is 12.0. The van der Waals surface area contributed by atoms with Crippen molar-refractivity contribution in [1.82, 2.24) is 15.5 Å². The summed E-state index contributed by atoms with van der Waals surface area (Å²) in [4.78, 5) is 11.7. The molecule has 0 spiro atoms. The van der Waals surface area contributed by atoms with Crippen LogP contribution in [-0.4, -0.2) is 27.9 Å². The van der Waals surface area contributed by atoms with Crippen LogP contribution in [0.1, 0.15) is 25.0 Å². The number of carbonyl (C=O) groups is 1. The van der Waals surface area contributed by atoms with Crippen molar-refractivity contribution in [2.24, 2.45) is 0 Å². The molecule has 2 rings (SSSR count). The lowest BCUT2D eigenvalue weighted by Gasteiger charge is -2.08. The molecule has 0 saturated heterocycles. The lowest BCUT2D eigenvalue weighted by Crippen LogP contribution is -2.30. The van der Waals surface area contributed by atoms with E-state index in [0.717, 1.165) is 15.2 Å². The molecule has 2 N–H and O–H groups in total. The Balaban J connectivity index is 2.02. The van der Waals surface area contributed by atoms with Gasteiger partial charge in [0.15, 0.2) is 4.34 Å². The highest BCUT2D eigenvalue weighted by Crippen LogP contribution is 2.31. The zero-order chi connectivity index (χ0) is 16.1. The Labute approximate surface area is 138 Å². The van der Waals surface area contributed by atoms with Gasteiger partial charge in [-0.1, -0.05) is 35.2 Å². The van der Waals surface area contributed by atoms with Crippen molar-refractivity contribution in [1.29, 1.82) is 0 Å². The van der Waals surface area contributed by atoms with E-state index in [2.05, 4.69) is 40.7 Å². The summed E-state index contributed by atoms with van der Waals surface area (Å²) in [5.41, 5.74) is 3.46. The van der Waals surface area contributed by atoms with E-state index in [9.17, 15) is 4.79 Å². The summed E-state index contributed by atoms with van der Waals surface area (Å²) in [7, 11) is 0. The van der Waals surface area contributed by atoms with Crippen LogP contribution in [0.3, 0.4) is 0 Å². The van der Waals surface area contributed by atoms with Crippen molar-refractivity contribution in [3.63, 3.8) is 0 Å². The van der Waals surface area contributed by atoms with Crippen molar-refractivity contribution >= 4 is 39.8 Å². The van der Waals surface area contributed by atoms with E-state index in [1.54, 1.807) is 0 Å². The second-order valence-electron chi connectivity index (χ2n) is 4.90. The molecule has 0 radical (unpaired) electrons. The Morgan fingerprint density at radius 3 is 2.86 bits per heavy atom. The van der Waals surface area contributed by atoms with E-state index in [1.807, 2.05) is 26.0 Å². The number of hydrogen-bond donors (Lipinski definition) is 2. The largest absolute Gasteiger partial charge is 0.355 e. The maximum absolute atomic E-state index is 11.7. The Bertz CT molecular complexity index is 657. The van der Waals surface area contributed by atoms with Crippen molar-refractivity contribution in [2.75, 3.05) is 11.9 Å². The molecular formula is C15H20N4OS2. The standard InChI is InChI=1S/C15H20N4OS2/c1-5-16-13(20)11(4)21-15-19-18-14(22-15)17-12-8-6-7-9(2)10(12)3/h6-8,11H,5H2,1-4H3,(H,16,20)(H,17,18)/t11-/m1/s1. The molecule has 1 amide bonds. The summed E-state index contributed by atoms with van der Waals surface area (Å²) in [5.74, 6) is 0.0201. The Kier molecular flexibility index (Phi) is 5.79. The van der Waals surface area contributed by atoms with E-state index < -0.39 is 0 Å². The summed E-state index contributed by atoms with van der Waals surface area (Å²) in [5, 5.41) is 14.9. The first kappa shape index (κ1) is 16.8. The molecule has 0 unspecified atom stereocenters. The molecule has 0 aliphatic rings. The Morgan fingerprint density at radius 1 is 1.36 bits per heavy atom. The number of rotatable bonds is 6. The van der Waals surface area contributed by atoms with Gasteiger partial charge in [0.2, 0.25) is 11.0 Å². The molecular weight excluding hydrogens is 316 g/mol. The zero-order valence-electron chi connectivity index (χ0n) is 13.1. The fraction of sp³-hybridized carbons (Fsp3) is 0.400. The van der Waals surface area contributed by atoms with Gasteiger partial charge in [-0.25, -0.2) is 0 Å². The van der Waals surface area contributed by atoms with Gasteiger partial charge >= 0.3 is 0 Å². The van der Waals surface area contributed by atoms with Crippen molar-refractivity contribution in [2.45, 2.75) is 37.3 Å². The van der Waals surface area contributed by atoms with Crippen LogP contribution in [0.2, 0.25) is 0 Å². The number of benzene rings is 1. The number of anilines is 2. The molecule has 0 fully saturated rings. The molecule has 1 aromatic heterocycles. The summed E-state index contributed by atoms with van der Waals surface area (Å²) in [6.45, 7) is 8.57. The quantitative estimate of drug-likeness (QED) is 0.790. The third kappa shape index (κ3) is 4.20. The van der Waals surface area contributed by atoms with Gasteiger partial charge < -0.3 is 10.6 Å². The van der Waals surface area contributed by atoms with Crippen molar-refractivity contribution in [3.8, 4) is 0 Å². The van der Waals surface area contributed by atoms with Gasteiger partial charge in [0.25, 0.3) is 0 Å². The lowest BCUT2D eigenvalue weighted by molar-refractivity contribution is -0.120. The number of nitrogens with zero attached hydrogens (tertiary/aromatic N) is 2. The predicted octanol–water partition coefficient (Wildman–Crippen LogP) is 3.52. The fourth-order valence-electron chi connectivity index (χ4n) is 1.83. The highest BCUT2D eigenvalue weighted by atomic mass is 32.2. The van der Waals surface area contributed by atoms with Crippen LogP contribution in [0.15, 0.2) is 22.5 Å². The molecule has 118 valence electrons. The van der Waals surface area contributed by atoms with Gasteiger partial charge in [-0.3, -0.25) is 4.79 Å². The molecule has 2 aromatic rings. The average molecular weight is 336 g/mol. The van der Waals surface area contributed by atoms with Crippen molar-refractivity contribution < 1.29 is 4.79 Å². The first-order valence-corrected chi connectivity index (χ1v) is 8.82. The molecule has 7 heteroatoms. The third-order valence-corrected chi connectivity index (χ3v) is 5.27. The monoisotopic (exact) mass is 336 g/mol. The SMILES string of the molecule is CCNC(=O)[C@@H](C)Sc1nnc(Nc2cccc(C)c2C)s1. The molecule has 1 aromatic carbocycles. The Morgan fingerprint density at radius 2 is 2.14 bits per heavy atom. The molecule has 1 heterocycles. The summed E-state index contributed by atoms with van der Waals surface area (Å²) in [6.07, 6.45) is 0. The zero-order valence-corrected chi connectivity index (χ0v) is 14.8. The maximum Gasteiger partial charge on any atom is 0.233 e. The summed E-state index contributed by atoms with van der Waals surface area (Å²) < 4.78 is 0.784. The number of thioether (sulfide) groups is 1. The molecule has 0 saturated carbocycles. The smallest absolute Gasteiger partial charge is 0.233 e. The maximum atomic E-state index is 11.7.